The van der Waals surface area contributed by atoms with Crippen LogP contribution in [0.25, 0.3) is 0 Å². The molecule has 2 rings (SSSR count). The average molecular weight is 272 g/mol. The molecule has 0 spiro atoms. The molecular formula is C12H20N2O5. The van der Waals surface area contributed by atoms with Crippen molar-refractivity contribution in [1.29, 1.82) is 0 Å². The summed E-state index contributed by atoms with van der Waals surface area (Å²) in [5, 5.41) is 27.7. The van der Waals surface area contributed by atoms with Crippen molar-refractivity contribution >= 4 is 12.0 Å². The zero-order valence-corrected chi connectivity index (χ0v) is 10.7. The molecule has 1 aliphatic carbocycles. The van der Waals surface area contributed by atoms with E-state index >= 15 is 0 Å². The topological polar surface area (TPSA) is 101 Å². The van der Waals surface area contributed by atoms with Crippen molar-refractivity contribution in [2.45, 2.75) is 43.9 Å². The largest absolute Gasteiger partial charge is 0.480 e. The van der Waals surface area contributed by atoms with Gasteiger partial charge in [-0.15, -0.1) is 0 Å². The molecule has 19 heavy (non-hydrogen) atoms. The van der Waals surface area contributed by atoms with Gasteiger partial charge in [-0.05, 0) is 19.3 Å². The summed E-state index contributed by atoms with van der Waals surface area (Å²) in [6.45, 7) is 0.114. The number of rotatable bonds is 4. The second-order valence-electron chi connectivity index (χ2n) is 5.18. The van der Waals surface area contributed by atoms with Gasteiger partial charge in [-0.1, -0.05) is 0 Å². The molecule has 1 saturated carbocycles. The maximum atomic E-state index is 12.4. The summed E-state index contributed by atoms with van der Waals surface area (Å²) in [5.41, 5.74) is 0. The lowest BCUT2D eigenvalue weighted by molar-refractivity contribution is -0.141. The number of aliphatic hydroxyl groups excluding tert-OH is 2. The van der Waals surface area contributed by atoms with E-state index in [1.165, 1.54) is 9.80 Å². The van der Waals surface area contributed by atoms with Crippen molar-refractivity contribution in [2.75, 3.05) is 19.7 Å². The molecule has 0 aromatic carbocycles. The summed E-state index contributed by atoms with van der Waals surface area (Å²) in [5.74, 6) is -1.09. The minimum absolute atomic E-state index is 0.0461. The Balaban J connectivity index is 2.08. The molecule has 2 atom stereocenters. The number of carboxylic acid groups (broad SMARTS) is 1. The molecule has 2 fully saturated rings. The van der Waals surface area contributed by atoms with Gasteiger partial charge in [-0.3, -0.25) is 0 Å². The average Bonchev–Trinajstić information content (AvgIpc) is 2.67. The first-order valence-electron chi connectivity index (χ1n) is 6.63. The lowest BCUT2D eigenvalue weighted by Gasteiger charge is -2.40. The molecule has 1 saturated heterocycles. The van der Waals surface area contributed by atoms with E-state index in [0.717, 1.165) is 19.3 Å². The highest BCUT2D eigenvalue weighted by atomic mass is 16.4. The van der Waals surface area contributed by atoms with Crippen LogP contribution in [0.1, 0.15) is 25.7 Å². The molecule has 0 unspecified atom stereocenters. The molecule has 2 amide bonds. The normalized spacial score (nSPS) is 27.2. The first-order chi connectivity index (χ1) is 9.04. The Hall–Kier alpha value is -1.34. The molecule has 0 aromatic heterocycles. The van der Waals surface area contributed by atoms with Gasteiger partial charge in [0.2, 0.25) is 0 Å². The third kappa shape index (κ3) is 2.82. The predicted octanol–water partition coefficient (Wildman–Crippen LogP) is -0.527. The second kappa shape index (κ2) is 5.75. The molecule has 2 aliphatic rings. The molecular weight excluding hydrogens is 252 g/mol. The number of carboxylic acids is 1. The summed E-state index contributed by atoms with van der Waals surface area (Å²) in [6.07, 6.45) is 2.10. The molecule has 3 N–H and O–H groups in total. The fourth-order valence-corrected chi connectivity index (χ4v) is 2.66. The van der Waals surface area contributed by atoms with E-state index in [1.807, 2.05) is 0 Å². The number of aliphatic hydroxyl groups is 2. The first-order valence-corrected chi connectivity index (χ1v) is 6.63. The van der Waals surface area contributed by atoms with E-state index in [1.54, 1.807) is 0 Å². The number of urea groups is 1. The van der Waals surface area contributed by atoms with Crippen molar-refractivity contribution in [3.8, 4) is 0 Å². The smallest absolute Gasteiger partial charge is 0.326 e. The molecule has 7 nitrogen and oxygen atoms in total. The standard InChI is InChI=1S/C12H20N2O5/c15-5-4-13(8-2-1-3-8)12(19)14-7-9(16)6-10(14)11(17)18/h8-10,15-16H,1-7H2,(H,17,18)/t9-,10+/m1/s1. The van der Waals surface area contributed by atoms with Crippen LogP contribution in [-0.2, 0) is 4.79 Å². The van der Waals surface area contributed by atoms with Crippen LogP contribution in [0.3, 0.4) is 0 Å². The zero-order chi connectivity index (χ0) is 14.0. The minimum atomic E-state index is -1.09. The highest BCUT2D eigenvalue weighted by Crippen LogP contribution is 2.28. The molecule has 108 valence electrons. The van der Waals surface area contributed by atoms with Crippen LogP contribution in [0.2, 0.25) is 0 Å². The monoisotopic (exact) mass is 272 g/mol. The van der Waals surface area contributed by atoms with Crippen molar-refractivity contribution in [2.24, 2.45) is 0 Å². The number of nitrogens with zero attached hydrogens (tertiary/aromatic N) is 2. The van der Waals surface area contributed by atoms with Gasteiger partial charge < -0.3 is 25.1 Å². The van der Waals surface area contributed by atoms with E-state index in [-0.39, 0.29) is 38.2 Å². The van der Waals surface area contributed by atoms with E-state index < -0.39 is 18.1 Å². The Morgan fingerprint density at radius 3 is 2.47 bits per heavy atom. The maximum Gasteiger partial charge on any atom is 0.326 e. The van der Waals surface area contributed by atoms with Gasteiger partial charge in [-0.25, -0.2) is 9.59 Å². The second-order valence-corrected chi connectivity index (χ2v) is 5.18. The van der Waals surface area contributed by atoms with E-state index in [2.05, 4.69) is 0 Å². The van der Waals surface area contributed by atoms with Gasteiger partial charge in [0.15, 0.2) is 0 Å². The number of amides is 2. The Kier molecular flexibility index (Phi) is 4.26. The van der Waals surface area contributed by atoms with Gasteiger partial charge in [0.05, 0.1) is 12.7 Å². The molecule has 7 heteroatoms. The van der Waals surface area contributed by atoms with Crippen LogP contribution in [-0.4, -0.2) is 75.0 Å². The van der Waals surface area contributed by atoms with E-state index in [4.69, 9.17) is 10.2 Å². The Morgan fingerprint density at radius 1 is 1.32 bits per heavy atom. The highest BCUT2D eigenvalue weighted by Gasteiger charge is 2.42. The predicted molar refractivity (Wildman–Crippen MR) is 65.6 cm³/mol. The summed E-state index contributed by atoms with van der Waals surface area (Å²) < 4.78 is 0. The van der Waals surface area contributed by atoms with Crippen LogP contribution in [0, 0.1) is 0 Å². The van der Waals surface area contributed by atoms with Gasteiger partial charge in [0.1, 0.15) is 6.04 Å². The summed E-state index contributed by atoms with van der Waals surface area (Å²) in [4.78, 5) is 26.3. The van der Waals surface area contributed by atoms with Crippen LogP contribution in [0.5, 0.6) is 0 Å². The Bertz CT molecular complexity index is 358. The SMILES string of the molecule is O=C(O)[C@@H]1C[C@@H](O)CN1C(=O)N(CCO)C1CCC1. The molecule has 0 bridgehead atoms. The third-order valence-corrected chi connectivity index (χ3v) is 3.91. The van der Waals surface area contributed by atoms with E-state index in [0.29, 0.717) is 0 Å². The third-order valence-electron chi connectivity index (χ3n) is 3.91. The fourth-order valence-electron chi connectivity index (χ4n) is 2.66. The number of hydrogen-bond acceptors (Lipinski definition) is 4. The van der Waals surface area contributed by atoms with Crippen molar-refractivity contribution in [1.82, 2.24) is 9.80 Å². The van der Waals surface area contributed by atoms with Gasteiger partial charge in [-0.2, -0.15) is 0 Å². The van der Waals surface area contributed by atoms with Gasteiger partial charge >= 0.3 is 12.0 Å². The van der Waals surface area contributed by atoms with Crippen molar-refractivity contribution < 1.29 is 24.9 Å². The number of hydrogen-bond donors (Lipinski definition) is 3. The minimum Gasteiger partial charge on any atom is -0.480 e. The van der Waals surface area contributed by atoms with Crippen LogP contribution >= 0.6 is 0 Å². The number of likely N-dealkylation sites (tertiary alicyclic amines) is 1. The number of carbonyl (C=O) groups excluding carboxylic acids is 1. The lowest BCUT2D eigenvalue weighted by Crippen LogP contribution is -2.54. The summed E-state index contributed by atoms with van der Waals surface area (Å²) in [6, 6.07) is -1.27. The number of aliphatic carboxylic acids is 1. The van der Waals surface area contributed by atoms with Gasteiger partial charge in [0, 0.05) is 25.6 Å². The van der Waals surface area contributed by atoms with Crippen molar-refractivity contribution in [3.63, 3.8) is 0 Å². The number of β-amino-alcohol motifs (C(OH)–C–C–N with tert-alkyl or cyclic N) is 1. The zero-order valence-electron chi connectivity index (χ0n) is 10.7. The maximum absolute atomic E-state index is 12.4. The van der Waals surface area contributed by atoms with Crippen molar-refractivity contribution in [3.05, 3.63) is 0 Å². The van der Waals surface area contributed by atoms with Crippen LogP contribution in [0.4, 0.5) is 4.79 Å². The van der Waals surface area contributed by atoms with E-state index in [9.17, 15) is 14.7 Å². The summed E-state index contributed by atoms with van der Waals surface area (Å²) in [7, 11) is 0. The molecule has 0 aromatic rings. The Labute approximate surface area is 111 Å². The highest BCUT2D eigenvalue weighted by molar-refractivity contribution is 5.83. The molecule has 1 heterocycles. The first kappa shape index (κ1) is 14.1. The summed E-state index contributed by atoms with van der Waals surface area (Å²) >= 11 is 0. The Morgan fingerprint density at radius 2 is 2.00 bits per heavy atom. The van der Waals surface area contributed by atoms with Crippen LogP contribution < -0.4 is 0 Å². The number of carbonyl (C=O) groups is 2. The molecule has 1 aliphatic heterocycles. The quantitative estimate of drug-likeness (QED) is 0.639. The van der Waals surface area contributed by atoms with Crippen LogP contribution in [0.15, 0.2) is 0 Å². The van der Waals surface area contributed by atoms with Gasteiger partial charge in [0.25, 0.3) is 0 Å². The lowest BCUT2D eigenvalue weighted by atomic mass is 9.91. The fraction of sp³-hybridized carbons (Fsp3) is 0.833. The molecule has 0 radical (unpaired) electrons.